The molecule has 126 valence electrons. The maximum atomic E-state index is 12.5. The normalized spacial score (nSPS) is 11.9. The molecule has 0 fully saturated rings. The maximum absolute atomic E-state index is 12.5. The molecule has 0 aliphatic rings. The van der Waals surface area contributed by atoms with Gasteiger partial charge in [0, 0.05) is 11.8 Å². The van der Waals surface area contributed by atoms with Crippen molar-refractivity contribution >= 4 is 29.0 Å². The van der Waals surface area contributed by atoms with E-state index in [1.807, 2.05) is 24.3 Å². The second kappa shape index (κ2) is 6.91. The SMILES string of the molecule is Cc1cc2nnc(SC(C)C(=O)Nc3ccccc3C#N)n2c(C)n1. The molecule has 7 nitrogen and oxygen atoms in total. The van der Waals surface area contributed by atoms with Crippen LogP contribution in [0.1, 0.15) is 24.0 Å². The Labute approximate surface area is 149 Å². The number of hydrogen-bond donors (Lipinski definition) is 1. The second-order valence-corrected chi connectivity index (χ2v) is 6.84. The highest BCUT2D eigenvalue weighted by Crippen LogP contribution is 2.24. The predicted octanol–water partition coefficient (Wildman–Crippen LogP) is 2.73. The van der Waals surface area contributed by atoms with E-state index in [0.717, 1.165) is 11.5 Å². The zero-order valence-corrected chi connectivity index (χ0v) is 14.8. The third kappa shape index (κ3) is 3.46. The van der Waals surface area contributed by atoms with Crippen molar-refractivity contribution in [3.63, 3.8) is 0 Å². The molecule has 3 aromatic rings. The quantitative estimate of drug-likeness (QED) is 0.725. The van der Waals surface area contributed by atoms with Gasteiger partial charge in [-0.25, -0.2) is 4.98 Å². The Morgan fingerprint density at radius 2 is 2.08 bits per heavy atom. The van der Waals surface area contributed by atoms with E-state index in [9.17, 15) is 4.79 Å². The van der Waals surface area contributed by atoms with E-state index in [1.54, 1.807) is 31.2 Å². The molecule has 1 unspecified atom stereocenters. The lowest BCUT2D eigenvalue weighted by molar-refractivity contribution is -0.115. The molecule has 25 heavy (non-hydrogen) atoms. The average Bonchev–Trinajstić information content (AvgIpc) is 2.98. The zero-order chi connectivity index (χ0) is 18.0. The molecule has 3 rings (SSSR count). The predicted molar refractivity (Wildman–Crippen MR) is 95.4 cm³/mol. The first-order chi connectivity index (χ1) is 12.0. The number of aromatic nitrogens is 4. The van der Waals surface area contributed by atoms with Gasteiger partial charge in [0.05, 0.1) is 16.5 Å². The van der Waals surface area contributed by atoms with Crippen molar-refractivity contribution in [2.75, 3.05) is 5.32 Å². The molecular formula is C17H16N6OS. The number of benzene rings is 1. The monoisotopic (exact) mass is 352 g/mol. The third-order valence-corrected chi connectivity index (χ3v) is 4.66. The summed E-state index contributed by atoms with van der Waals surface area (Å²) in [7, 11) is 0. The molecule has 2 aromatic heterocycles. The number of carbonyl (C=O) groups is 1. The summed E-state index contributed by atoms with van der Waals surface area (Å²) in [5, 5.41) is 20.4. The maximum Gasteiger partial charge on any atom is 0.237 e. The number of hydrogen-bond acceptors (Lipinski definition) is 6. The van der Waals surface area contributed by atoms with Crippen LogP contribution < -0.4 is 5.32 Å². The number of fused-ring (bicyclic) bond motifs is 1. The third-order valence-electron chi connectivity index (χ3n) is 3.61. The molecule has 0 radical (unpaired) electrons. The number of para-hydroxylation sites is 1. The van der Waals surface area contributed by atoms with Crippen LogP contribution in [0.5, 0.6) is 0 Å². The van der Waals surface area contributed by atoms with Gasteiger partial charge in [0.2, 0.25) is 5.91 Å². The van der Waals surface area contributed by atoms with E-state index in [4.69, 9.17) is 5.26 Å². The van der Waals surface area contributed by atoms with Crippen LogP contribution in [0.4, 0.5) is 5.69 Å². The number of rotatable bonds is 4. The molecule has 1 N–H and O–H groups in total. The van der Waals surface area contributed by atoms with Crippen molar-refractivity contribution < 1.29 is 4.79 Å². The number of amides is 1. The Morgan fingerprint density at radius 3 is 2.84 bits per heavy atom. The smallest absolute Gasteiger partial charge is 0.237 e. The number of nitrogens with zero attached hydrogens (tertiary/aromatic N) is 5. The van der Waals surface area contributed by atoms with Crippen LogP contribution in [0.2, 0.25) is 0 Å². The summed E-state index contributed by atoms with van der Waals surface area (Å²) in [6.45, 7) is 5.56. The number of carbonyl (C=O) groups excluding carboxylic acids is 1. The molecule has 8 heteroatoms. The van der Waals surface area contributed by atoms with E-state index < -0.39 is 5.25 Å². The molecule has 0 spiro atoms. The van der Waals surface area contributed by atoms with Crippen molar-refractivity contribution in [3.8, 4) is 6.07 Å². The summed E-state index contributed by atoms with van der Waals surface area (Å²) in [5.74, 6) is 0.562. The Kier molecular flexibility index (Phi) is 4.67. The van der Waals surface area contributed by atoms with E-state index in [0.29, 0.717) is 22.1 Å². The van der Waals surface area contributed by atoms with E-state index in [2.05, 4.69) is 26.6 Å². The van der Waals surface area contributed by atoms with Crippen molar-refractivity contribution in [1.29, 1.82) is 5.26 Å². The summed E-state index contributed by atoms with van der Waals surface area (Å²) < 4.78 is 1.82. The molecule has 0 bridgehead atoms. The Morgan fingerprint density at radius 1 is 1.32 bits per heavy atom. The lowest BCUT2D eigenvalue weighted by Gasteiger charge is -2.12. The van der Waals surface area contributed by atoms with Crippen molar-refractivity contribution in [3.05, 3.63) is 47.4 Å². The number of anilines is 1. The fraction of sp³-hybridized carbons (Fsp3) is 0.235. The van der Waals surface area contributed by atoms with Gasteiger partial charge in [0.1, 0.15) is 11.9 Å². The van der Waals surface area contributed by atoms with E-state index in [1.165, 1.54) is 11.8 Å². The second-order valence-electron chi connectivity index (χ2n) is 5.53. The molecule has 0 aliphatic heterocycles. The average molecular weight is 352 g/mol. The van der Waals surface area contributed by atoms with Crippen LogP contribution in [0, 0.1) is 25.2 Å². The molecule has 0 saturated carbocycles. The Hall–Kier alpha value is -2.92. The van der Waals surface area contributed by atoms with E-state index >= 15 is 0 Å². The van der Waals surface area contributed by atoms with Gasteiger partial charge in [-0.15, -0.1) is 10.2 Å². The fourth-order valence-electron chi connectivity index (χ4n) is 2.42. The van der Waals surface area contributed by atoms with Gasteiger partial charge >= 0.3 is 0 Å². The van der Waals surface area contributed by atoms with Crippen molar-refractivity contribution in [2.45, 2.75) is 31.2 Å². The van der Waals surface area contributed by atoms with Crippen LogP contribution in [0.3, 0.4) is 0 Å². The van der Waals surface area contributed by atoms with Crippen LogP contribution in [-0.4, -0.2) is 30.7 Å². The van der Waals surface area contributed by atoms with Crippen LogP contribution in [0.15, 0.2) is 35.5 Å². The Balaban J connectivity index is 1.79. The van der Waals surface area contributed by atoms with Gasteiger partial charge < -0.3 is 5.32 Å². The minimum Gasteiger partial charge on any atom is -0.324 e. The zero-order valence-electron chi connectivity index (χ0n) is 14.0. The first kappa shape index (κ1) is 16.9. The van der Waals surface area contributed by atoms with Crippen LogP contribution >= 0.6 is 11.8 Å². The van der Waals surface area contributed by atoms with Gasteiger partial charge in [-0.3, -0.25) is 9.20 Å². The van der Waals surface area contributed by atoms with Gasteiger partial charge in [0.15, 0.2) is 10.8 Å². The minimum atomic E-state index is -0.417. The highest BCUT2D eigenvalue weighted by Gasteiger charge is 2.20. The van der Waals surface area contributed by atoms with E-state index in [-0.39, 0.29) is 5.91 Å². The van der Waals surface area contributed by atoms with Gasteiger partial charge in [0.25, 0.3) is 0 Å². The lowest BCUT2D eigenvalue weighted by Crippen LogP contribution is -2.23. The summed E-state index contributed by atoms with van der Waals surface area (Å²) >= 11 is 1.29. The first-order valence-electron chi connectivity index (χ1n) is 7.65. The Bertz CT molecular complexity index is 990. The molecule has 1 amide bonds. The molecule has 1 aromatic carbocycles. The lowest BCUT2D eigenvalue weighted by atomic mass is 10.2. The number of thioether (sulfide) groups is 1. The molecule has 0 saturated heterocycles. The summed E-state index contributed by atoms with van der Waals surface area (Å²) in [6.07, 6.45) is 0. The minimum absolute atomic E-state index is 0.206. The molecule has 0 aliphatic carbocycles. The topological polar surface area (TPSA) is 96.0 Å². The highest BCUT2D eigenvalue weighted by atomic mass is 32.2. The van der Waals surface area contributed by atoms with Gasteiger partial charge in [-0.1, -0.05) is 23.9 Å². The molecule has 1 atom stereocenters. The van der Waals surface area contributed by atoms with Crippen LogP contribution in [-0.2, 0) is 4.79 Å². The highest BCUT2D eigenvalue weighted by molar-refractivity contribution is 8.00. The molecular weight excluding hydrogens is 336 g/mol. The first-order valence-corrected chi connectivity index (χ1v) is 8.53. The number of aryl methyl sites for hydroxylation is 2. The largest absolute Gasteiger partial charge is 0.324 e. The van der Waals surface area contributed by atoms with Crippen molar-refractivity contribution in [1.82, 2.24) is 19.6 Å². The number of nitrogens with one attached hydrogen (secondary N) is 1. The number of nitriles is 1. The van der Waals surface area contributed by atoms with Crippen LogP contribution in [0.25, 0.3) is 5.65 Å². The fourth-order valence-corrected chi connectivity index (χ4v) is 3.32. The van der Waals surface area contributed by atoms with Crippen molar-refractivity contribution in [2.24, 2.45) is 0 Å². The van der Waals surface area contributed by atoms with Gasteiger partial charge in [-0.05, 0) is 32.9 Å². The summed E-state index contributed by atoms with van der Waals surface area (Å²) in [4.78, 5) is 16.9. The standard InChI is InChI=1S/C17H16N6OS/c1-10-8-15-21-22-17(23(15)12(3)19-10)25-11(2)16(24)20-14-7-5-4-6-13(14)9-18/h4-8,11H,1-3H3,(H,20,24). The van der Waals surface area contributed by atoms with Gasteiger partial charge in [-0.2, -0.15) is 5.26 Å². The summed E-state index contributed by atoms with van der Waals surface area (Å²) in [6, 6.07) is 10.8. The molecule has 2 heterocycles. The summed E-state index contributed by atoms with van der Waals surface area (Å²) in [5.41, 5.74) is 2.50.